The summed E-state index contributed by atoms with van der Waals surface area (Å²) in [6.45, 7) is 6.21. The van der Waals surface area contributed by atoms with Gasteiger partial charge >= 0.3 is 0 Å². The Balaban J connectivity index is 1.94. The largest absolute Gasteiger partial charge is 0.366 e. The second-order valence-electron chi connectivity index (χ2n) is 5.40. The van der Waals surface area contributed by atoms with E-state index in [0.717, 1.165) is 18.0 Å². The van der Waals surface area contributed by atoms with Crippen LogP contribution in [0.15, 0.2) is 11.4 Å². The molecule has 2 rings (SSSR count). The molecule has 1 fully saturated rings. The van der Waals surface area contributed by atoms with Crippen molar-refractivity contribution in [3.05, 3.63) is 17.0 Å². The van der Waals surface area contributed by atoms with E-state index in [1.807, 2.05) is 6.92 Å². The van der Waals surface area contributed by atoms with Crippen LogP contribution >= 0.6 is 11.3 Å². The molecule has 2 heterocycles. The van der Waals surface area contributed by atoms with E-state index in [1.54, 1.807) is 23.3 Å². The van der Waals surface area contributed by atoms with Gasteiger partial charge in [-0.05, 0) is 18.4 Å². The Kier molecular flexibility index (Phi) is 5.15. The van der Waals surface area contributed by atoms with Crippen molar-refractivity contribution in [2.75, 3.05) is 31.5 Å². The van der Waals surface area contributed by atoms with Crippen molar-refractivity contribution in [2.45, 2.75) is 19.9 Å². The van der Waals surface area contributed by atoms with Gasteiger partial charge < -0.3 is 20.9 Å². The highest BCUT2D eigenvalue weighted by atomic mass is 32.1. The van der Waals surface area contributed by atoms with Crippen LogP contribution in [0.25, 0.3) is 0 Å². The first-order chi connectivity index (χ1) is 10.4. The molecular formula is C14H21N4O3S+. The zero-order valence-corrected chi connectivity index (χ0v) is 13.5. The van der Waals surface area contributed by atoms with E-state index in [4.69, 9.17) is 5.73 Å². The summed E-state index contributed by atoms with van der Waals surface area (Å²) in [5.74, 6) is -0.622. The molecular weight excluding hydrogens is 304 g/mol. The van der Waals surface area contributed by atoms with Crippen LogP contribution in [-0.4, -0.2) is 54.8 Å². The van der Waals surface area contributed by atoms with Gasteiger partial charge in [0.05, 0.1) is 31.7 Å². The van der Waals surface area contributed by atoms with Crippen LogP contribution in [0.5, 0.6) is 0 Å². The number of nitrogens with two attached hydrogens (primary N) is 1. The number of amides is 3. The normalized spacial score (nSPS) is 17.1. The first-order valence-corrected chi connectivity index (χ1v) is 8.06. The molecule has 0 radical (unpaired) electrons. The topological polar surface area (TPSA) is 96.9 Å². The number of thiophene rings is 1. The van der Waals surface area contributed by atoms with Crippen LogP contribution in [0.1, 0.15) is 24.2 Å². The van der Waals surface area contributed by atoms with Gasteiger partial charge in [-0.2, -0.15) is 0 Å². The van der Waals surface area contributed by atoms with Crippen molar-refractivity contribution < 1.29 is 19.3 Å². The first kappa shape index (κ1) is 16.4. The van der Waals surface area contributed by atoms with E-state index in [-0.39, 0.29) is 17.9 Å². The molecule has 3 amide bonds. The molecule has 1 aliphatic rings. The maximum absolute atomic E-state index is 12.3. The van der Waals surface area contributed by atoms with E-state index >= 15 is 0 Å². The predicted molar refractivity (Wildman–Crippen MR) is 83.9 cm³/mol. The smallest absolute Gasteiger partial charge is 0.282 e. The Bertz CT molecular complexity index is 578. The fraction of sp³-hybridized carbons (Fsp3) is 0.500. The molecule has 120 valence electrons. The Morgan fingerprint density at radius 1 is 1.36 bits per heavy atom. The van der Waals surface area contributed by atoms with Gasteiger partial charge in [-0.25, -0.2) is 0 Å². The molecule has 1 atom stereocenters. The third kappa shape index (κ3) is 3.63. The van der Waals surface area contributed by atoms with Crippen molar-refractivity contribution in [3.8, 4) is 0 Å². The summed E-state index contributed by atoms with van der Waals surface area (Å²) in [6.07, 6.45) is 0. The average Bonchev–Trinajstić information content (AvgIpc) is 2.94. The van der Waals surface area contributed by atoms with Crippen LogP contribution < -0.4 is 16.0 Å². The SMILES string of the molecule is CC(=O)N1CC[NH+]([C@@H](C)C(=O)Nc2sccc2C(N)=O)CC1. The van der Waals surface area contributed by atoms with Gasteiger partial charge in [0.2, 0.25) is 5.91 Å². The first-order valence-electron chi connectivity index (χ1n) is 7.18. The molecule has 0 unspecified atom stereocenters. The van der Waals surface area contributed by atoms with Crippen molar-refractivity contribution in [3.63, 3.8) is 0 Å². The molecule has 0 saturated carbocycles. The van der Waals surface area contributed by atoms with E-state index in [9.17, 15) is 14.4 Å². The summed E-state index contributed by atoms with van der Waals surface area (Å²) >= 11 is 1.28. The molecule has 0 spiro atoms. The highest BCUT2D eigenvalue weighted by Gasteiger charge is 2.30. The number of carbonyl (C=O) groups excluding carboxylic acids is 3. The van der Waals surface area contributed by atoms with E-state index in [2.05, 4.69) is 5.32 Å². The Labute approximate surface area is 133 Å². The average molecular weight is 325 g/mol. The van der Waals surface area contributed by atoms with Crippen molar-refractivity contribution in [1.29, 1.82) is 0 Å². The lowest BCUT2D eigenvalue weighted by Gasteiger charge is -2.34. The number of primary amides is 1. The molecule has 1 aliphatic heterocycles. The molecule has 8 heteroatoms. The second-order valence-corrected chi connectivity index (χ2v) is 6.32. The van der Waals surface area contributed by atoms with Gasteiger partial charge in [-0.15, -0.1) is 11.3 Å². The Morgan fingerprint density at radius 3 is 2.55 bits per heavy atom. The van der Waals surface area contributed by atoms with Crippen molar-refractivity contribution in [1.82, 2.24) is 4.90 Å². The lowest BCUT2D eigenvalue weighted by atomic mass is 10.2. The Hall–Kier alpha value is -1.93. The number of piperazine rings is 1. The minimum Gasteiger partial charge on any atom is -0.366 e. The Morgan fingerprint density at radius 2 is 2.00 bits per heavy atom. The molecule has 0 bridgehead atoms. The molecule has 0 aliphatic carbocycles. The summed E-state index contributed by atoms with van der Waals surface area (Å²) in [5, 5.41) is 4.99. The molecule has 0 aromatic carbocycles. The lowest BCUT2D eigenvalue weighted by molar-refractivity contribution is -0.917. The highest BCUT2D eigenvalue weighted by Crippen LogP contribution is 2.22. The maximum atomic E-state index is 12.3. The van der Waals surface area contributed by atoms with Gasteiger partial charge in [0.25, 0.3) is 11.8 Å². The van der Waals surface area contributed by atoms with Gasteiger partial charge in [-0.1, -0.05) is 0 Å². The molecule has 1 aromatic rings. The van der Waals surface area contributed by atoms with Gasteiger partial charge in [0.1, 0.15) is 5.00 Å². The quantitative estimate of drug-likeness (QED) is 0.657. The number of hydrogen-bond acceptors (Lipinski definition) is 4. The molecule has 1 saturated heterocycles. The van der Waals surface area contributed by atoms with E-state index in [0.29, 0.717) is 23.7 Å². The standard InChI is InChI=1S/C14H20N4O3S/c1-9(17-4-6-18(7-5-17)10(2)19)13(21)16-14-11(12(15)20)3-8-22-14/h3,8-9H,4-7H2,1-2H3,(H2,15,20)(H,16,21)/p+1/t9-/m0/s1. The zero-order chi connectivity index (χ0) is 16.3. The number of quaternary nitrogens is 1. The van der Waals surface area contributed by atoms with Crippen LogP contribution in [0.2, 0.25) is 0 Å². The van der Waals surface area contributed by atoms with Crippen molar-refractivity contribution in [2.24, 2.45) is 5.73 Å². The van der Waals surface area contributed by atoms with Crippen LogP contribution in [0, 0.1) is 0 Å². The molecule has 22 heavy (non-hydrogen) atoms. The zero-order valence-electron chi connectivity index (χ0n) is 12.7. The summed E-state index contributed by atoms with van der Waals surface area (Å²) in [7, 11) is 0. The summed E-state index contributed by atoms with van der Waals surface area (Å²) < 4.78 is 0. The van der Waals surface area contributed by atoms with Crippen LogP contribution in [-0.2, 0) is 9.59 Å². The summed E-state index contributed by atoms with van der Waals surface area (Å²) in [5.41, 5.74) is 5.61. The van der Waals surface area contributed by atoms with Crippen LogP contribution in [0.3, 0.4) is 0 Å². The van der Waals surface area contributed by atoms with Crippen LogP contribution in [0.4, 0.5) is 5.00 Å². The third-order valence-electron chi connectivity index (χ3n) is 4.02. The number of rotatable bonds is 4. The van der Waals surface area contributed by atoms with E-state index < -0.39 is 5.91 Å². The number of carbonyl (C=O) groups is 3. The number of nitrogens with one attached hydrogen (secondary N) is 2. The number of nitrogens with zero attached hydrogens (tertiary/aromatic N) is 1. The summed E-state index contributed by atoms with van der Waals surface area (Å²) in [6, 6.07) is 1.35. The fourth-order valence-corrected chi connectivity index (χ4v) is 3.34. The van der Waals surface area contributed by atoms with E-state index in [1.165, 1.54) is 11.3 Å². The third-order valence-corrected chi connectivity index (χ3v) is 4.85. The van der Waals surface area contributed by atoms with Crippen molar-refractivity contribution >= 4 is 34.1 Å². The highest BCUT2D eigenvalue weighted by molar-refractivity contribution is 7.14. The molecule has 4 N–H and O–H groups in total. The molecule has 7 nitrogen and oxygen atoms in total. The monoisotopic (exact) mass is 325 g/mol. The maximum Gasteiger partial charge on any atom is 0.282 e. The number of anilines is 1. The van der Waals surface area contributed by atoms with Gasteiger partial charge in [0.15, 0.2) is 6.04 Å². The lowest BCUT2D eigenvalue weighted by Crippen LogP contribution is -3.19. The molecule has 1 aromatic heterocycles. The predicted octanol–water partition coefficient (Wildman–Crippen LogP) is -1.08. The fourth-order valence-electron chi connectivity index (χ4n) is 2.55. The minimum absolute atomic E-state index is 0.0702. The summed E-state index contributed by atoms with van der Waals surface area (Å²) in [4.78, 5) is 37.9. The minimum atomic E-state index is -0.549. The van der Waals surface area contributed by atoms with Gasteiger partial charge in [-0.3, -0.25) is 14.4 Å². The number of hydrogen-bond donors (Lipinski definition) is 3. The second kappa shape index (κ2) is 6.89. The van der Waals surface area contributed by atoms with Gasteiger partial charge in [0, 0.05) is 6.92 Å².